The number of aromatic nitrogens is 1. The van der Waals surface area contributed by atoms with Crippen molar-refractivity contribution < 1.29 is 9.53 Å². The van der Waals surface area contributed by atoms with Crippen LogP contribution in [0.1, 0.15) is 24.2 Å². The van der Waals surface area contributed by atoms with E-state index in [1.54, 1.807) is 6.20 Å². The number of benzene rings is 1. The fourth-order valence-electron chi connectivity index (χ4n) is 1.66. The van der Waals surface area contributed by atoms with Crippen LogP contribution < -0.4 is 5.32 Å². The van der Waals surface area contributed by atoms with Gasteiger partial charge in [-0.2, -0.15) is 0 Å². The predicted molar refractivity (Wildman–Crippen MR) is 80.1 cm³/mol. The summed E-state index contributed by atoms with van der Waals surface area (Å²) >= 11 is 3.32. The second-order valence-corrected chi connectivity index (χ2v) is 5.24. The Hall–Kier alpha value is -1.88. The summed E-state index contributed by atoms with van der Waals surface area (Å²) in [5.74, 6) is 0. The SMILES string of the molecule is CC(NC(=O)OCc1ccccc1)c1ccc(Br)cn1. The van der Waals surface area contributed by atoms with Crippen LogP contribution in [-0.2, 0) is 11.3 Å². The third-order valence-electron chi connectivity index (χ3n) is 2.74. The van der Waals surface area contributed by atoms with Gasteiger partial charge in [0.2, 0.25) is 0 Å². The molecule has 0 aliphatic carbocycles. The molecule has 1 unspecified atom stereocenters. The molecule has 104 valence electrons. The maximum atomic E-state index is 11.7. The molecule has 1 aromatic carbocycles. The van der Waals surface area contributed by atoms with E-state index in [0.717, 1.165) is 15.7 Å². The van der Waals surface area contributed by atoms with Crippen molar-refractivity contribution in [2.75, 3.05) is 0 Å². The molecule has 1 N–H and O–H groups in total. The molecule has 2 aromatic rings. The van der Waals surface area contributed by atoms with Gasteiger partial charge in [-0.05, 0) is 40.5 Å². The first-order chi connectivity index (χ1) is 9.65. The van der Waals surface area contributed by atoms with E-state index in [2.05, 4.69) is 26.2 Å². The minimum atomic E-state index is -0.453. The number of pyridine rings is 1. The van der Waals surface area contributed by atoms with Gasteiger partial charge < -0.3 is 10.1 Å². The maximum Gasteiger partial charge on any atom is 0.407 e. The average Bonchev–Trinajstić information content (AvgIpc) is 2.47. The zero-order chi connectivity index (χ0) is 14.4. The monoisotopic (exact) mass is 334 g/mol. The molecular weight excluding hydrogens is 320 g/mol. The van der Waals surface area contributed by atoms with Gasteiger partial charge in [-0.15, -0.1) is 0 Å². The van der Waals surface area contributed by atoms with Crippen LogP contribution in [-0.4, -0.2) is 11.1 Å². The summed E-state index contributed by atoms with van der Waals surface area (Å²) in [4.78, 5) is 15.9. The highest BCUT2D eigenvalue weighted by molar-refractivity contribution is 9.10. The van der Waals surface area contributed by atoms with Gasteiger partial charge in [0.1, 0.15) is 6.61 Å². The molecule has 0 saturated heterocycles. The second kappa shape index (κ2) is 7.05. The first-order valence-electron chi connectivity index (χ1n) is 6.24. The Morgan fingerprint density at radius 2 is 2.05 bits per heavy atom. The van der Waals surface area contributed by atoms with Crippen LogP contribution in [0, 0.1) is 0 Å². The normalized spacial score (nSPS) is 11.7. The Balaban J connectivity index is 1.83. The fourth-order valence-corrected chi connectivity index (χ4v) is 1.89. The lowest BCUT2D eigenvalue weighted by atomic mass is 10.2. The lowest BCUT2D eigenvalue weighted by Gasteiger charge is -2.13. The van der Waals surface area contributed by atoms with Gasteiger partial charge >= 0.3 is 6.09 Å². The number of amides is 1. The highest BCUT2D eigenvalue weighted by Crippen LogP contribution is 2.13. The van der Waals surface area contributed by atoms with Crippen LogP contribution in [0.4, 0.5) is 4.79 Å². The number of nitrogens with one attached hydrogen (secondary N) is 1. The number of ether oxygens (including phenoxy) is 1. The summed E-state index contributed by atoms with van der Waals surface area (Å²) in [7, 11) is 0. The van der Waals surface area contributed by atoms with Gasteiger partial charge in [0, 0.05) is 10.7 Å². The van der Waals surface area contributed by atoms with Crippen LogP contribution in [0.15, 0.2) is 53.1 Å². The Labute approximate surface area is 126 Å². The maximum absolute atomic E-state index is 11.7. The Morgan fingerprint density at radius 3 is 2.70 bits per heavy atom. The van der Waals surface area contributed by atoms with Gasteiger partial charge in [-0.1, -0.05) is 30.3 Å². The van der Waals surface area contributed by atoms with Crippen molar-refractivity contribution in [1.82, 2.24) is 10.3 Å². The third-order valence-corrected chi connectivity index (χ3v) is 3.21. The molecule has 0 bridgehead atoms. The summed E-state index contributed by atoms with van der Waals surface area (Å²) in [5.41, 5.74) is 1.74. The standard InChI is InChI=1S/C15H15BrN2O2/c1-11(14-8-7-13(16)9-17-14)18-15(19)20-10-12-5-3-2-4-6-12/h2-9,11H,10H2,1H3,(H,18,19). The molecule has 0 radical (unpaired) electrons. The van der Waals surface area contributed by atoms with Crippen molar-refractivity contribution in [3.63, 3.8) is 0 Å². The van der Waals surface area contributed by atoms with E-state index in [9.17, 15) is 4.79 Å². The second-order valence-electron chi connectivity index (χ2n) is 4.33. The molecule has 1 heterocycles. The summed E-state index contributed by atoms with van der Waals surface area (Å²) in [6.45, 7) is 2.12. The van der Waals surface area contributed by atoms with Crippen LogP contribution in [0.5, 0.6) is 0 Å². The van der Waals surface area contributed by atoms with E-state index in [1.807, 2.05) is 49.4 Å². The van der Waals surface area contributed by atoms with Gasteiger partial charge in [0.15, 0.2) is 0 Å². The van der Waals surface area contributed by atoms with Gasteiger partial charge in [-0.3, -0.25) is 4.98 Å². The van der Waals surface area contributed by atoms with E-state index in [0.29, 0.717) is 0 Å². The number of halogens is 1. The lowest BCUT2D eigenvalue weighted by molar-refractivity contribution is 0.136. The largest absolute Gasteiger partial charge is 0.445 e. The van der Waals surface area contributed by atoms with Crippen LogP contribution in [0.3, 0.4) is 0 Å². The van der Waals surface area contributed by atoms with Crippen LogP contribution in [0.2, 0.25) is 0 Å². The smallest absolute Gasteiger partial charge is 0.407 e. The minimum Gasteiger partial charge on any atom is -0.445 e. The van der Waals surface area contributed by atoms with Gasteiger partial charge in [0.25, 0.3) is 0 Å². The minimum absolute atomic E-state index is 0.202. The topological polar surface area (TPSA) is 51.2 Å². The van der Waals surface area contributed by atoms with E-state index < -0.39 is 6.09 Å². The number of carbonyl (C=O) groups is 1. The zero-order valence-corrected chi connectivity index (χ0v) is 12.6. The van der Waals surface area contributed by atoms with Crippen molar-refractivity contribution >= 4 is 22.0 Å². The molecule has 1 amide bonds. The Morgan fingerprint density at radius 1 is 1.30 bits per heavy atom. The number of rotatable bonds is 4. The quantitative estimate of drug-likeness (QED) is 0.924. The van der Waals surface area contributed by atoms with E-state index >= 15 is 0 Å². The number of carbonyl (C=O) groups excluding carboxylic acids is 1. The highest BCUT2D eigenvalue weighted by Gasteiger charge is 2.11. The molecule has 20 heavy (non-hydrogen) atoms. The highest BCUT2D eigenvalue weighted by atomic mass is 79.9. The molecule has 1 aromatic heterocycles. The first-order valence-corrected chi connectivity index (χ1v) is 7.03. The average molecular weight is 335 g/mol. The van der Waals surface area contributed by atoms with Crippen molar-refractivity contribution in [1.29, 1.82) is 0 Å². The third kappa shape index (κ3) is 4.35. The summed E-state index contributed by atoms with van der Waals surface area (Å²) in [6, 6.07) is 13.1. The van der Waals surface area contributed by atoms with Crippen molar-refractivity contribution in [3.8, 4) is 0 Å². The number of hydrogen-bond acceptors (Lipinski definition) is 3. The molecule has 0 aliphatic heterocycles. The van der Waals surface area contributed by atoms with Crippen LogP contribution >= 0.6 is 15.9 Å². The lowest BCUT2D eigenvalue weighted by Crippen LogP contribution is -2.27. The summed E-state index contributed by atoms with van der Waals surface area (Å²) < 4.78 is 6.06. The zero-order valence-electron chi connectivity index (χ0n) is 11.0. The first kappa shape index (κ1) is 14.5. The van der Waals surface area contributed by atoms with Crippen molar-refractivity contribution in [3.05, 3.63) is 64.4 Å². The molecule has 0 spiro atoms. The van der Waals surface area contributed by atoms with Crippen LogP contribution in [0.25, 0.3) is 0 Å². The van der Waals surface area contributed by atoms with Crippen molar-refractivity contribution in [2.24, 2.45) is 0 Å². The number of hydrogen-bond donors (Lipinski definition) is 1. The molecular formula is C15H15BrN2O2. The van der Waals surface area contributed by atoms with Gasteiger partial charge in [-0.25, -0.2) is 4.79 Å². The van der Waals surface area contributed by atoms with E-state index in [1.165, 1.54) is 0 Å². The summed E-state index contributed by atoms with van der Waals surface area (Å²) in [6.07, 6.45) is 1.24. The molecule has 0 saturated carbocycles. The molecule has 2 rings (SSSR count). The number of nitrogens with zero attached hydrogens (tertiary/aromatic N) is 1. The van der Waals surface area contributed by atoms with Gasteiger partial charge in [0.05, 0.1) is 11.7 Å². The van der Waals surface area contributed by atoms with E-state index in [-0.39, 0.29) is 12.6 Å². The predicted octanol–water partition coefficient (Wildman–Crippen LogP) is 3.83. The fraction of sp³-hybridized carbons (Fsp3) is 0.200. The number of alkyl carbamates (subject to hydrolysis) is 1. The molecule has 5 heteroatoms. The molecule has 1 atom stereocenters. The Bertz CT molecular complexity index is 558. The van der Waals surface area contributed by atoms with Crippen molar-refractivity contribution in [2.45, 2.75) is 19.6 Å². The summed E-state index contributed by atoms with van der Waals surface area (Å²) in [5, 5.41) is 2.75. The Kier molecular flexibility index (Phi) is 5.12. The molecule has 0 aliphatic rings. The molecule has 4 nitrogen and oxygen atoms in total. The van der Waals surface area contributed by atoms with E-state index in [4.69, 9.17) is 4.74 Å². The molecule has 0 fully saturated rings.